The zero-order valence-corrected chi connectivity index (χ0v) is 18.2. The van der Waals surface area contributed by atoms with Crippen molar-refractivity contribution >= 4 is 6.03 Å². The second-order valence-corrected chi connectivity index (χ2v) is 8.10. The average molecular weight is 454 g/mol. The van der Waals surface area contributed by atoms with Crippen LogP contribution in [-0.2, 0) is 6.42 Å². The Balaban J connectivity index is 1.37. The van der Waals surface area contributed by atoms with Gasteiger partial charge in [-0.05, 0) is 53.4 Å². The standard InChI is InChI=1S/C26H26F3N3O/c27-22-9-5-20(6-10-22)25(21-7-11-23(28)12-8-21)31-15-17-32(18-16-31)26(33)30-14-13-19-3-1-2-4-24(19)29/h1-12,25H,13-18H2,(H,30,33). The molecule has 33 heavy (non-hydrogen) atoms. The van der Waals surface area contributed by atoms with Crippen LogP contribution in [0.25, 0.3) is 0 Å². The van der Waals surface area contributed by atoms with Gasteiger partial charge in [0.05, 0.1) is 6.04 Å². The SMILES string of the molecule is O=C(NCCc1ccccc1F)N1CCN(C(c2ccc(F)cc2)c2ccc(F)cc2)CC1. The molecule has 172 valence electrons. The molecule has 1 N–H and O–H groups in total. The number of amides is 2. The molecule has 3 aromatic carbocycles. The van der Waals surface area contributed by atoms with E-state index in [1.165, 1.54) is 30.3 Å². The second kappa shape index (κ2) is 10.5. The first-order valence-corrected chi connectivity index (χ1v) is 11.0. The van der Waals surface area contributed by atoms with E-state index >= 15 is 0 Å². The number of benzene rings is 3. The van der Waals surface area contributed by atoms with Gasteiger partial charge in [0.15, 0.2) is 0 Å². The van der Waals surface area contributed by atoms with Crippen molar-refractivity contribution in [2.24, 2.45) is 0 Å². The van der Waals surface area contributed by atoms with E-state index in [1.54, 1.807) is 47.4 Å². The molecule has 4 rings (SSSR count). The van der Waals surface area contributed by atoms with E-state index in [-0.39, 0.29) is 29.5 Å². The molecule has 1 aliphatic heterocycles. The summed E-state index contributed by atoms with van der Waals surface area (Å²) in [6, 6.07) is 18.9. The van der Waals surface area contributed by atoms with Gasteiger partial charge < -0.3 is 10.2 Å². The molecule has 1 saturated heterocycles. The summed E-state index contributed by atoms with van der Waals surface area (Å²) in [5.74, 6) is -0.894. The number of rotatable bonds is 6. The van der Waals surface area contributed by atoms with Crippen molar-refractivity contribution in [2.75, 3.05) is 32.7 Å². The van der Waals surface area contributed by atoms with Gasteiger partial charge in [-0.2, -0.15) is 0 Å². The summed E-state index contributed by atoms with van der Waals surface area (Å²) in [5.41, 5.74) is 2.39. The van der Waals surface area contributed by atoms with Gasteiger partial charge in [-0.15, -0.1) is 0 Å². The Morgan fingerprint density at radius 1 is 0.788 bits per heavy atom. The van der Waals surface area contributed by atoms with Crippen LogP contribution in [0.3, 0.4) is 0 Å². The third kappa shape index (κ3) is 5.73. The van der Waals surface area contributed by atoms with E-state index < -0.39 is 0 Å². The van der Waals surface area contributed by atoms with Crippen molar-refractivity contribution in [2.45, 2.75) is 12.5 Å². The van der Waals surface area contributed by atoms with Crippen molar-refractivity contribution in [3.63, 3.8) is 0 Å². The summed E-state index contributed by atoms with van der Waals surface area (Å²) >= 11 is 0. The highest BCUT2D eigenvalue weighted by atomic mass is 19.1. The van der Waals surface area contributed by atoms with Crippen LogP contribution < -0.4 is 5.32 Å². The maximum Gasteiger partial charge on any atom is 0.317 e. The number of hydrogen-bond acceptors (Lipinski definition) is 2. The van der Waals surface area contributed by atoms with Gasteiger partial charge in [-0.1, -0.05) is 42.5 Å². The van der Waals surface area contributed by atoms with E-state index in [0.29, 0.717) is 44.7 Å². The molecule has 7 heteroatoms. The highest BCUT2D eigenvalue weighted by Gasteiger charge is 2.28. The number of hydrogen-bond donors (Lipinski definition) is 1. The highest BCUT2D eigenvalue weighted by molar-refractivity contribution is 5.74. The molecule has 0 radical (unpaired) electrons. The minimum Gasteiger partial charge on any atom is -0.338 e. The predicted molar refractivity (Wildman–Crippen MR) is 121 cm³/mol. The van der Waals surface area contributed by atoms with Crippen molar-refractivity contribution in [3.05, 3.63) is 107 Å². The minimum atomic E-state index is -0.312. The number of halogens is 3. The molecule has 0 unspecified atom stereocenters. The van der Waals surface area contributed by atoms with Gasteiger partial charge in [0.1, 0.15) is 17.5 Å². The average Bonchev–Trinajstić information content (AvgIpc) is 2.83. The Bertz CT molecular complexity index is 1020. The lowest BCUT2D eigenvalue weighted by atomic mass is 9.96. The normalized spacial score (nSPS) is 14.5. The summed E-state index contributed by atoms with van der Waals surface area (Å²) in [7, 11) is 0. The maximum absolute atomic E-state index is 13.7. The summed E-state index contributed by atoms with van der Waals surface area (Å²) in [6.45, 7) is 2.61. The predicted octanol–water partition coefficient (Wildman–Crippen LogP) is 4.76. The van der Waals surface area contributed by atoms with Crippen LogP contribution in [0.2, 0.25) is 0 Å². The summed E-state index contributed by atoms with van der Waals surface area (Å²) in [4.78, 5) is 16.5. The van der Waals surface area contributed by atoms with Crippen LogP contribution in [0.4, 0.5) is 18.0 Å². The Hall–Kier alpha value is -3.32. The van der Waals surface area contributed by atoms with Crippen LogP contribution in [0, 0.1) is 17.5 Å². The van der Waals surface area contributed by atoms with Gasteiger partial charge in [0.2, 0.25) is 0 Å². The zero-order chi connectivity index (χ0) is 23.2. The topological polar surface area (TPSA) is 35.6 Å². The molecular formula is C26H26F3N3O. The third-order valence-corrected chi connectivity index (χ3v) is 5.97. The van der Waals surface area contributed by atoms with Crippen LogP contribution >= 0.6 is 0 Å². The number of nitrogens with zero attached hydrogens (tertiary/aromatic N) is 2. The molecule has 0 aromatic heterocycles. The lowest BCUT2D eigenvalue weighted by Crippen LogP contribution is -2.52. The largest absolute Gasteiger partial charge is 0.338 e. The molecule has 2 amide bonds. The Morgan fingerprint density at radius 3 is 1.88 bits per heavy atom. The molecule has 0 aliphatic carbocycles. The quantitative estimate of drug-likeness (QED) is 0.584. The maximum atomic E-state index is 13.7. The Labute approximate surface area is 191 Å². The van der Waals surface area contributed by atoms with E-state index in [4.69, 9.17) is 0 Å². The van der Waals surface area contributed by atoms with Crippen molar-refractivity contribution in [1.82, 2.24) is 15.1 Å². The van der Waals surface area contributed by atoms with E-state index in [1.807, 2.05) is 0 Å². The molecule has 0 saturated carbocycles. The smallest absolute Gasteiger partial charge is 0.317 e. The van der Waals surface area contributed by atoms with Gasteiger partial charge in [0, 0.05) is 32.7 Å². The van der Waals surface area contributed by atoms with E-state index in [2.05, 4.69) is 10.2 Å². The first-order chi connectivity index (χ1) is 16.0. The molecule has 1 fully saturated rings. The molecule has 0 atom stereocenters. The highest BCUT2D eigenvalue weighted by Crippen LogP contribution is 2.30. The van der Waals surface area contributed by atoms with Gasteiger partial charge in [-0.25, -0.2) is 18.0 Å². The van der Waals surface area contributed by atoms with Crippen LogP contribution in [-0.4, -0.2) is 48.6 Å². The first kappa shape index (κ1) is 22.9. The van der Waals surface area contributed by atoms with Crippen molar-refractivity contribution < 1.29 is 18.0 Å². The molecule has 3 aromatic rings. The summed E-state index contributed by atoms with van der Waals surface area (Å²) in [5, 5.41) is 2.87. The number of urea groups is 1. The van der Waals surface area contributed by atoms with E-state index in [9.17, 15) is 18.0 Å². The summed E-state index contributed by atoms with van der Waals surface area (Å²) in [6.07, 6.45) is 0.426. The molecular weight excluding hydrogens is 427 g/mol. The lowest BCUT2D eigenvalue weighted by molar-refractivity contribution is 0.120. The van der Waals surface area contributed by atoms with E-state index in [0.717, 1.165) is 11.1 Å². The molecule has 1 aliphatic rings. The van der Waals surface area contributed by atoms with Gasteiger partial charge >= 0.3 is 6.03 Å². The van der Waals surface area contributed by atoms with Gasteiger partial charge in [0.25, 0.3) is 0 Å². The summed E-state index contributed by atoms with van der Waals surface area (Å²) < 4.78 is 40.7. The van der Waals surface area contributed by atoms with Crippen LogP contribution in [0.5, 0.6) is 0 Å². The van der Waals surface area contributed by atoms with Crippen molar-refractivity contribution in [3.8, 4) is 0 Å². The fourth-order valence-electron chi connectivity index (χ4n) is 4.20. The third-order valence-electron chi connectivity index (χ3n) is 5.97. The van der Waals surface area contributed by atoms with Gasteiger partial charge in [-0.3, -0.25) is 4.90 Å². The molecule has 0 spiro atoms. The van der Waals surface area contributed by atoms with Crippen molar-refractivity contribution in [1.29, 1.82) is 0 Å². The monoisotopic (exact) mass is 453 g/mol. The fraction of sp³-hybridized carbons (Fsp3) is 0.269. The molecule has 4 nitrogen and oxygen atoms in total. The fourth-order valence-corrected chi connectivity index (χ4v) is 4.20. The van der Waals surface area contributed by atoms with Crippen LogP contribution in [0.15, 0.2) is 72.8 Å². The Kier molecular flexibility index (Phi) is 7.29. The number of carbonyl (C=O) groups is 1. The molecule has 0 bridgehead atoms. The number of piperazine rings is 1. The van der Waals surface area contributed by atoms with Crippen LogP contribution in [0.1, 0.15) is 22.7 Å². The second-order valence-electron chi connectivity index (χ2n) is 8.10. The number of nitrogens with one attached hydrogen (secondary N) is 1. The first-order valence-electron chi connectivity index (χ1n) is 11.0. The lowest BCUT2D eigenvalue weighted by Gasteiger charge is -2.39. The zero-order valence-electron chi connectivity index (χ0n) is 18.2. The Morgan fingerprint density at radius 2 is 1.33 bits per heavy atom. The minimum absolute atomic E-state index is 0.169. The number of carbonyl (C=O) groups excluding carboxylic acids is 1. The molecule has 1 heterocycles.